The molecule has 0 rings (SSSR count). The highest BCUT2D eigenvalue weighted by atomic mass is 28.4. The Balaban J connectivity index is 3.47. The second-order valence-electron chi connectivity index (χ2n) is 1.71. The summed E-state index contributed by atoms with van der Waals surface area (Å²) in [5, 5.41) is 0. The molecule has 0 spiro atoms. The molecule has 0 aromatic carbocycles. The molecule has 6 heteroatoms. The fourth-order valence-corrected chi connectivity index (χ4v) is 1.00. The molecule has 0 aliphatic heterocycles. The van der Waals surface area contributed by atoms with E-state index in [1.54, 1.807) is 6.92 Å². The first-order chi connectivity index (χ1) is 4.45. The first-order valence-electron chi connectivity index (χ1n) is 2.92. The van der Waals surface area contributed by atoms with Gasteiger partial charge in [-0.05, 0) is 13.8 Å². The largest absolute Gasteiger partial charge is 0.673 e. The Morgan fingerprint density at radius 2 is 1.90 bits per heavy atom. The number of hydrogen-bond acceptors (Lipinski definition) is 5. The van der Waals surface area contributed by atoms with Crippen LogP contribution in [0.1, 0.15) is 13.8 Å². The van der Waals surface area contributed by atoms with Crippen LogP contribution in [0.25, 0.3) is 0 Å². The highest BCUT2D eigenvalue weighted by Gasteiger charge is 2.33. The van der Waals surface area contributed by atoms with Crippen LogP contribution >= 0.6 is 0 Å². The van der Waals surface area contributed by atoms with Crippen molar-refractivity contribution in [2.24, 2.45) is 0 Å². The third kappa shape index (κ3) is 6.14. The molecule has 0 amide bonds. The molecule has 0 saturated carbocycles. The molecule has 1 atom stereocenters. The molecular formula is C4H12O5Si. The van der Waals surface area contributed by atoms with Gasteiger partial charge in [-0.2, -0.15) is 0 Å². The lowest BCUT2D eigenvalue weighted by atomic mass is 10.7. The molecule has 0 aliphatic carbocycles. The van der Waals surface area contributed by atoms with E-state index in [1.165, 1.54) is 6.92 Å². The lowest BCUT2D eigenvalue weighted by molar-refractivity contribution is -0.113. The molecule has 5 nitrogen and oxygen atoms in total. The van der Waals surface area contributed by atoms with Gasteiger partial charge in [0.15, 0.2) is 6.29 Å². The molecule has 0 saturated heterocycles. The highest BCUT2D eigenvalue weighted by Crippen LogP contribution is 1.98. The summed E-state index contributed by atoms with van der Waals surface area (Å²) in [5.74, 6) is 0. The van der Waals surface area contributed by atoms with E-state index < -0.39 is 15.3 Å². The molecule has 0 radical (unpaired) electrons. The van der Waals surface area contributed by atoms with E-state index in [-0.39, 0.29) is 0 Å². The third-order valence-electron chi connectivity index (χ3n) is 0.725. The van der Waals surface area contributed by atoms with Crippen molar-refractivity contribution in [3.63, 3.8) is 0 Å². The molecule has 1 unspecified atom stereocenters. The van der Waals surface area contributed by atoms with Crippen molar-refractivity contribution >= 4 is 9.05 Å². The summed E-state index contributed by atoms with van der Waals surface area (Å²) in [6.45, 7) is 3.59. The minimum absolute atomic E-state index is 0.394. The van der Waals surface area contributed by atoms with Crippen LogP contribution in [-0.4, -0.2) is 36.3 Å². The maximum atomic E-state index is 8.36. The summed E-state index contributed by atoms with van der Waals surface area (Å²) in [5.41, 5.74) is 0. The van der Waals surface area contributed by atoms with Crippen molar-refractivity contribution in [3.8, 4) is 0 Å². The highest BCUT2D eigenvalue weighted by molar-refractivity contribution is 6.48. The van der Waals surface area contributed by atoms with Crippen molar-refractivity contribution < 1.29 is 23.5 Å². The molecule has 3 N–H and O–H groups in total. The fourth-order valence-electron chi connectivity index (χ4n) is 0.491. The van der Waals surface area contributed by atoms with Crippen LogP contribution in [0, 0.1) is 0 Å². The topological polar surface area (TPSA) is 79.2 Å². The van der Waals surface area contributed by atoms with E-state index in [9.17, 15) is 0 Å². The van der Waals surface area contributed by atoms with Gasteiger partial charge in [-0.3, -0.25) is 0 Å². The normalized spacial score (nSPS) is 15.3. The van der Waals surface area contributed by atoms with Crippen molar-refractivity contribution in [2.45, 2.75) is 20.1 Å². The van der Waals surface area contributed by atoms with Gasteiger partial charge in [0.1, 0.15) is 0 Å². The summed E-state index contributed by atoms with van der Waals surface area (Å²) < 4.78 is 9.01. The standard InChI is InChI=1S/C4H12O5Si/c1-3-8-4(2)9-10(5,6)7/h4-7H,3H2,1-2H3. The zero-order valence-electron chi connectivity index (χ0n) is 5.94. The quantitative estimate of drug-likeness (QED) is 0.363. The molecule has 0 aromatic rings. The second-order valence-corrected chi connectivity index (χ2v) is 3.10. The van der Waals surface area contributed by atoms with Crippen molar-refractivity contribution in [1.29, 1.82) is 0 Å². The summed E-state index contributed by atoms with van der Waals surface area (Å²) in [6.07, 6.45) is -0.781. The predicted octanol–water partition coefficient (Wildman–Crippen LogP) is -1.20. The van der Waals surface area contributed by atoms with Gasteiger partial charge in [0.25, 0.3) is 0 Å². The zero-order chi connectivity index (χ0) is 8.20. The van der Waals surface area contributed by atoms with Gasteiger partial charge in [0, 0.05) is 6.61 Å². The molecule has 0 heterocycles. The monoisotopic (exact) mass is 168 g/mol. The van der Waals surface area contributed by atoms with E-state index in [0.717, 1.165) is 0 Å². The number of hydrogen-bond donors (Lipinski definition) is 3. The maximum Gasteiger partial charge on any atom is 0.673 e. The first kappa shape index (κ1) is 10.0. The van der Waals surface area contributed by atoms with E-state index in [2.05, 4.69) is 4.43 Å². The van der Waals surface area contributed by atoms with Gasteiger partial charge in [-0.25, -0.2) is 0 Å². The van der Waals surface area contributed by atoms with E-state index in [1.807, 2.05) is 0 Å². The molecule has 0 bridgehead atoms. The van der Waals surface area contributed by atoms with Crippen molar-refractivity contribution in [2.75, 3.05) is 6.61 Å². The summed E-state index contributed by atoms with van der Waals surface area (Å²) in [7, 11) is -4.38. The molecule has 10 heavy (non-hydrogen) atoms. The second kappa shape index (κ2) is 4.01. The SMILES string of the molecule is CCOC(C)O[Si](O)(O)O. The first-order valence-corrected chi connectivity index (χ1v) is 4.67. The summed E-state index contributed by atoms with van der Waals surface area (Å²) in [6, 6.07) is 0. The third-order valence-corrected chi connectivity index (χ3v) is 1.37. The van der Waals surface area contributed by atoms with E-state index in [4.69, 9.17) is 19.1 Å². The predicted molar refractivity (Wildman–Crippen MR) is 34.6 cm³/mol. The number of rotatable bonds is 4. The van der Waals surface area contributed by atoms with E-state index in [0.29, 0.717) is 6.61 Å². The van der Waals surface area contributed by atoms with E-state index >= 15 is 0 Å². The fraction of sp³-hybridized carbons (Fsp3) is 1.00. The van der Waals surface area contributed by atoms with Crippen molar-refractivity contribution in [3.05, 3.63) is 0 Å². The van der Waals surface area contributed by atoms with Crippen LogP contribution in [-0.2, 0) is 9.16 Å². The Morgan fingerprint density at radius 3 is 2.20 bits per heavy atom. The average Bonchev–Trinajstić information content (AvgIpc) is 1.59. The minimum Gasteiger partial charge on any atom is -0.368 e. The van der Waals surface area contributed by atoms with Gasteiger partial charge in [-0.1, -0.05) is 0 Å². The van der Waals surface area contributed by atoms with Crippen LogP contribution in [0.5, 0.6) is 0 Å². The lowest BCUT2D eigenvalue weighted by Crippen LogP contribution is -2.42. The lowest BCUT2D eigenvalue weighted by Gasteiger charge is -2.16. The van der Waals surface area contributed by atoms with Gasteiger partial charge in [-0.15, -0.1) is 0 Å². The average molecular weight is 168 g/mol. The summed E-state index contributed by atoms with van der Waals surface area (Å²) >= 11 is 0. The van der Waals surface area contributed by atoms with Gasteiger partial charge >= 0.3 is 9.05 Å². The van der Waals surface area contributed by atoms with Crippen LogP contribution in [0.15, 0.2) is 0 Å². The van der Waals surface area contributed by atoms with Crippen LogP contribution in [0.2, 0.25) is 0 Å². The molecular weight excluding hydrogens is 156 g/mol. The molecule has 0 aliphatic rings. The molecule has 0 aromatic heterocycles. The van der Waals surface area contributed by atoms with Crippen LogP contribution in [0.4, 0.5) is 0 Å². The summed E-state index contributed by atoms with van der Waals surface area (Å²) in [4.78, 5) is 25.1. The number of ether oxygens (including phenoxy) is 1. The van der Waals surface area contributed by atoms with Gasteiger partial charge in [0.2, 0.25) is 0 Å². The minimum atomic E-state index is -4.38. The van der Waals surface area contributed by atoms with Crippen LogP contribution in [0.3, 0.4) is 0 Å². The zero-order valence-corrected chi connectivity index (χ0v) is 6.94. The Bertz CT molecular complexity index is 90.1. The Hall–Kier alpha value is 0.0169. The van der Waals surface area contributed by atoms with Gasteiger partial charge < -0.3 is 23.5 Å². The van der Waals surface area contributed by atoms with Gasteiger partial charge in [0.05, 0.1) is 0 Å². The Kier molecular flexibility index (Phi) is 4.02. The van der Waals surface area contributed by atoms with Crippen molar-refractivity contribution in [1.82, 2.24) is 0 Å². The Labute approximate surface area is 60.3 Å². The Morgan fingerprint density at radius 1 is 1.40 bits per heavy atom. The maximum absolute atomic E-state index is 8.36. The van der Waals surface area contributed by atoms with Crippen LogP contribution < -0.4 is 0 Å². The molecule has 62 valence electrons. The smallest absolute Gasteiger partial charge is 0.368 e. The molecule has 0 fully saturated rings.